The van der Waals surface area contributed by atoms with Gasteiger partial charge in [0.05, 0.1) is 0 Å². The van der Waals surface area contributed by atoms with Crippen molar-refractivity contribution < 1.29 is 14.6 Å². The first-order valence-corrected chi connectivity index (χ1v) is 6.97. The third-order valence-electron chi connectivity index (χ3n) is 3.56. The lowest BCUT2D eigenvalue weighted by molar-refractivity contribution is 0.475. The fourth-order valence-corrected chi connectivity index (χ4v) is 2.40. The second-order valence-corrected chi connectivity index (χ2v) is 5.20. The van der Waals surface area contributed by atoms with Gasteiger partial charge in [0.15, 0.2) is 0 Å². The Morgan fingerprint density at radius 3 is 2.05 bits per heavy atom. The summed E-state index contributed by atoms with van der Waals surface area (Å²) >= 11 is 0. The zero-order valence-corrected chi connectivity index (χ0v) is 11.8. The molecule has 0 fully saturated rings. The molecule has 0 heterocycles. The fourth-order valence-electron chi connectivity index (χ4n) is 2.40. The van der Waals surface area contributed by atoms with Crippen molar-refractivity contribution in [3.63, 3.8) is 0 Å². The van der Waals surface area contributed by atoms with Gasteiger partial charge in [-0.15, -0.1) is 0 Å². The van der Waals surface area contributed by atoms with Crippen LogP contribution in [0.5, 0.6) is 11.5 Å². The van der Waals surface area contributed by atoms with Crippen LogP contribution in [0.1, 0.15) is 11.1 Å². The van der Waals surface area contributed by atoms with Crippen LogP contribution in [-0.4, -0.2) is 10.2 Å². The molecule has 0 aliphatic carbocycles. The summed E-state index contributed by atoms with van der Waals surface area (Å²) in [4.78, 5) is 0. The molecule has 0 atom stereocenters. The Morgan fingerprint density at radius 2 is 1.36 bits per heavy atom. The van der Waals surface area contributed by atoms with E-state index in [0.717, 1.165) is 16.7 Å². The average molecular weight is 294 g/mol. The molecule has 0 bridgehead atoms. The van der Waals surface area contributed by atoms with E-state index >= 15 is 0 Å². The number of halogens is 1. The molecule has 0 amide bonds. The molecular weight excluding hydrogens is 279 g/mol. The highest BCUT2D eigenvalue weighted by Gasteiger charge is 2.07. The molecule has 0 unspecified atom stereocenters. The standard InChI is InChI=1S/C19H15FO2/c20-16-6-4-15(5-7-16)18-12-14(3-10-19(18)22)11-13-1-8-17(21)9-2-13/h1-10,12,21-22H,11H2. The van der Waals surface area contributed by atoms with E-state index in [1.54, 1.807) is 30.3 Å². The van der Waals surface area contributed by atoms with Gasteiger partial charge in [-0.3, -0.25) is 0 Å². The van der Waals surface area contributed by atoms with Gasteiger partial charge in [-0.05, 0) is 59.5 Å². The van der Waals surface area contributed by atoms with Crippen LogP contribution in [0.4, 0.5) is 4.39 Å². The number of rotatable bonds is 3. The minimum absolute atomic E-state index is 0.168. The monoisotopic (exact) mass is 294 g/mol. The molecule has 0 saturated carbocycles. The van der Waals surface area contributed by atoms with Crippen LogP contribution in [0.15, 0.2) is 66.7 Å². The van der Waals surface area contributed by atoms with Gasteiger partial charge in [-0.25, -0.2) is 4.39 Å². The van der Waals surface area contributed by atoms with Crippen LogP contribution in [0.3, 0.4) is 0 Å². The molecule has 0 aromatic heterocycles. The lowest BCUT2D eigenvalue weighted by atomic mass is 9.98. The molecule has 3 aromatic rings. The summed E-state index contributed by atoms with van der Waals surface area (Å²) in [5.74, 6) is 0.103. The van der Waals surface area contributed by atoms with E-state index in [0.29, 0.717) is 12.0 Å². The third kappa shape index (κ3) is 3.09. The second-order valence-electron chi connectivity index (χ2n) is 5.20. The Bertz CT molecular complexity index is 778. The number of phenolic OH excluding ortho intramolecular Hbond substituents is 2. The SMILES string of the molecule is Oc1ccc(Cc2ccc(O)c(-c3ccc(F)cc3)c2)cc1. The van der Waals surface area contributed by atoms with Crippen LogP contribution in [-0.2, 0) is 6.42 Å². The van der Waals surface area contributed by atoms with Gasteiger partial charge in [0.25, 0.3) is 0 Å². The minimum atomic E-state index is -0.302. The highest BCUT2D eigenvalue weighted by atomic mass is 19.1. The number of aromatic hydroxyl groups is 2. The maximum absolute atomic E-state index is 13.0. The predicted octanol–water partition coefficient (Wildman–Crippen LogP) is 4.49. The number of hydrogen-bond donors (Lipinski definition) is 2. The topological polar surface area (TPSA) is 40.5 Å². The Hall–Kier alpha value is -2.81. The lowest BCUT2D eigenvalue weighted by Gasteiger charge is -2.09. The van der Waals surface area contributed by atoms with Gasteiger partial charge in [0.2, 0.25) is 0 Å². The van der Waals surface area contributed by atoms with Gasteiger partial charge in [0, 0.05) is 5.56 Å². The Morgan fingerprint density at radius 1 is 0.727 bits per heavy atom. The van der Waals surface area contributed by atoms with Crippen molar-refractivity contribution in [2.75, 3.05) is 0 Å². The average Bonchev–Trinajstić information content (AvgIpc) is 2.52. The van der Waals surface area contributed by atoms with Gasteiger partial charge in [0.1, 0.15) is 17.3 Å². The maximum Gasteiger partial charge on any atom is 0.123 e. The Kier molecular flexibility index (Phi) is 3.79. The summed E-state index contributed by atoms with van der Waals surface area (Å²) < 4.78 is 13.0. The molecule has 0 aliphatic rings. The van der Waals surface area contributed by atoms with Crippen molar-refractivity contribution in [1.82, 2.24) is 0 Å². The normalized spacial score (nSPS) is 10.6. The summed E-state index contributed by atoms with van der Waals surface area (Å²) in [6.45, 7) is 0. The number of phenols is 2. The molecule has 0 saturated heterocycles. The van der Waals surface area contributed by atoms with Crippen molar-refractivity contribution in [3.8, 4) is 22.6 Å². The summed E-state index contributed by atoms with van der Waals surface area (Å²) in [6.07, 6.45) is 0.689. The molecule has 2 N–H and O–H groups in total. The molecule has 3 heteroatoms. The van der Waals surface area contributed by atoms with Crippen LogP contribution < -0.4 is 0 Å². The van der Waals surface area contributed by atoms with Gasteiger partial charge in [-0.2, -0.15) is 0 Å². The maximum atomic E-state index is 13.0. The van der Waals surface area contributed by atoms with E-state index in [1.807, 2.05) is 24.3 Å². The Balaban J connectivity index is 1.92. The highest BCUT2D eigenvalue weighted by molar-refractivity contribution is 5.70. The van der Waals surface area contributed by atoms with E-state index in [-0.39, 0.29) is 17.3 Å². The molecular formula is C19H15FO2. The number of hydrogen-bond acceptors (Lipinski definition) is 2. The second kappa shape index (κ2) is 5.90. The lowest BCUT2D eigenvalue weighted by Crippen LogP contribution is -1.89. The molecule has 110 valence electrons. The zero-order valence-electron chi connectivity index (χ0n) is 11.8. The molecule has 22 heavy (non-hydrogen) atoms. The van der Waals surface area contributed by atoms with Crippen LogP contribution in [0, 0.1) is 5.82 Å². The molecule has 2 nitrogen and oxygen atoms in total. The molecule has 3 aromatic carbocycles. The number of benzene rings is 3. The van der Waals surface area contributed by atoms with Crippen LogP contribution in [0.25, 0.3) is 11.1 Å². The van der Waals surface area contributed by atoms with Gasteiger partial charge < -0.3 is 10.2 Å². The molecule has 0 aliphatic heterocycles. The van der Waals surface area contributed by atoms with E-state index in [2.05, 4.69) is 0 Å². The van der Waals surface area contributed by atoms with Crippen molar-refractivity contribution in [2.45, 2.75) is 6.42 Å². The fraction of sp³-hybridized carbons (Fsp3) is 0.0526. The molecule has 0 spiro atoms. The smallest absolute Gasteiger partial charge is 0.123 e. The van der Waals surface area contributed by atoms with E-state index in [1.165, 1.54) is 12.1 Å². The van der Waals surface area contributed by atoms with Gasteiger partial charge >= 0.3 is 0 Å². The first kappa shape index (κ1) is 14.1. The zero-order chi connectivity index (χ0) is 15.5. The van der Waals surface area contributed by atoms with E-state index in [9.17, 15) is 14.6 Å². The predicted molar refractivity (Wildman–Crippen MR) is 84.4 cm³/mol. The van der Waals surface area contributed by atoms with E-state index in [4.69, 9.17) is 0 Å². The first-order valence-electron chi connectivity index (χ1n) is 6.97. The highest BCUT2D eigenvalue weighted by Crippen LogP contribution is 2.31. The van der Waals surface area contributed by atoms with Crippen LogP contribution >= 0.6 is 0 Å². The Labute approximate surface area is 128 Å². The van der Waals surface area contributed by atoms with Crippen molar-refractivity contribution >= 4 is 0 Å². The van der Waals surface area contributed by atoms with Crippen LogP contribution in [0.2, 0.25) is 0 Å². The summed E-state index contributed by atoms with van der Waals surface area (Å²) in [5.41, 5.74) is 3.54. The quantitative estimate of drug-likeness (QED) is 0.747. The van der Waals surface area contributed by atoms with Crippen molar-refractivity contribution in [3.05, 3.63) is 83.7 Å². The van der Waals surface area contributed by atoms with E-state index < -0.39 is 0 Å². The van der Waals surface area contributed by atoms with Crippen molar-refractivity contribution in [2.24, 2.45) is 0 Å². The first-order chi connectivity index (χ1) is 10.6. The van der Waals surface area contributed by atoms with Crippen molar-refractivity contribution in [1.29, 1.82) is 0 Å². The minimum Gasteiger partial charge on any atom is -0.508 e. The third-order valence-corrected chi connectivity index (χ3v) is 3.56. The summed E-state index contributed by atoms with van der Waals surface area (Å²) in [5, 5.41) is 19.3. The summed E-state index contributed by atoms with van der Waals surface area (Å²) in [6, 6.07) is 18.5. The molecule has 3 rings (SSSR count). The molecule has 0 radical (unpaired) electrons. The van der Waals surface area contributed by atoms with Gasteiger partial charge in [-0.1, -0.05) is 30.3 Å². The summed E-state index contributed by atoms with van der Waals surface area (Å²) in [7, 11) is 0. The largest absolute Gasteiger partial charge is 0.508 e.